The fraction of sp³-hybridized carbons (Fsp3) is 0.923. The second kappa shape index (κ2) is 3.31. The third-order valence-electron chi connectivity index (χ3n) is 4.77. The van der Waals surface area contributed by atoms with Gasteiger partial charge in [-0.25, -0.2) is 4.79 Å². The molecule has 0 radical (unpaired) electrons. The molecule has 106 valence electrons. The van der Waals surface area contributed by atoms with Gasteiger partial charge in [-0.15, -0.1) is 0 Å². The molecule has 0 aromatic carbocycles. The van der Waals surface area contributed by atoms with E-state index in [9.17, 15) is 9.90 Å². The van der Waals surface area contributed by atoms with Gasteiger partial charge in [0.1, 0.15) is 11.7 Å². The van der Waals surface area contributed by atoms with Gasteiger partial charge in [0.15, 0.2) is 11.9 Å². The molecule has 4 rings (SSSR count). The van der Waals surface area contributed by atoms with Crippen molar-refractivity contribution in [1.29, 1.82) is 0 Å². The minimum atomic E-state index is -1.35. The van der Waals surface area contributed by atoms with E-state index in [1.54, 1.807) is 13.8 Å². The molecule has 0 amide bonds. The number of aliphatic hydroxyl groups is 1. The van der Waals surface area contributed by atoms with Gasteiger partial charge in [0, 0.05) is 0 Å². The largest absolute Gasteiger partial charge is 0.430 e. The minimum absolute atomic E-state index is 0.468. The van der Waals surface area contributed by atoms with Crippen LogP contribution in [0.4, 0.5) is 0 Å². The molecule has 6 nitrogen and oxygen atoms in total. The molecule has 0 unspecified atom stereocenters. The molecule has 3 heterocycles. The van der Waals surface area contributed by atoms with Crippen LogP contribution in [0.25, 0.3) is 0 Å². The first-order valence-corrected chi connectivity index (χ1v) is 6.85. The molecule has 19 heavy (non-hydrogen) atoms. The van der Waals surface area contributed by atoms with E-state index in [1.807, 2.05) is 0 Å². The van der Waals surface area contributed by atoms with Crippen molar-refractivity contribution in [1.82, 2.24) is 0 Å². The number of fused-ring (bicyclic) bond motifs is 4. The van der Waals surface area contributed by atoms with Crippen LogP contribution in [0.2, 0.25) is 0 Å². The molecule has 2 bridgehead atoms. The zero-order valence-electron chi connectivity index (χ0n) is 11.0. The monoisotopic (exact) mass is 270 g/mol. The van der Waals surface area contributed by atoms with Crippen molar-refractivity contribution in [3.63, 3.8) is 0 Å². The molecule has 4 aliphatic rings. The number of carbonyl (C=O) groups is 1. The van der Waals surface area contributed by atoms with Gasteiger partial charge < -0.3 is 24.1 Å². The minimum Gasteiger partial charge on any atom is -0.430 e. The SMILES string of the molecule is CC1(C)O[C@H]2[C@H]3OC(=O)[C@@]4(CCCC[C@@]4(O)[C@H]2O1)O3. The van der Waals surface area contributed by atoms with Crippen molar-refractivity contribution in [3.8, 4) is 0 Å². The van der Waals surface area contributed by atoms with Crippen molar-refractivity contribution in [2.45, 2.75) is 75.0 Å². The van der Waals surface area contributed by atoms with Crippen LogP contribution in [0.1, 0.15) is 39.5 Å². The number of hydrogen-bond donors (Lipinski definition) is 1. The van der Waals surface area contributed by atoms with Crippen LogP contribution in [0.15, 0.2) is 0 Å². The highest BCUT2D eigenvalue weighted by Gasteiger charge is 2.76. The van der Waals surface area contributed by atoms with Crippen molar-refractivity contribution < 1.29 is 28.8 Å². The normalized spacial score (nSPS) is 54.5. The molecular weight excluding hydrogens is 252 g/mol. The van der Waals surface area contributed by atoms with E-state index in [0.717, 1.165) is 12.8 Å². The van der Waals surface area contributed by atoms with Gasteiger partial charge >= 0.3 is 5.97 Å². The summed E-state index contributed by atoms with van der Waals surface area (Å²) in [6, 6.07) is 0. The Bertz CT molecular complexity index is 448. The van der Waals surface area contributed by atoms with Crippen molar-refractivity contribution in [2.75, 3.05) is 0 Å². The van der Waals surface area contributed by atoms with Gasteiger partial charge in [0.25, 0.3) is 0 Å². The van der Waals surface area contributed by atoms with Crippen LogP contribution >= 0.6 is 0 Å². The maximum atomic E-state index is 12.2. The van der Waals surface area contributed by atoms with E-state index >= 15 is 0 Å². The van der Waals surface area contributed by atoms with Crippen molar-refractivity contribution in [2.24, 2.45) is 0 Å². The summed E-state index contributed by atoms with van der Waals surface area (Å²) in [5.41, 5.74) is -2.62. The van der Waals surface area contributed by atoms with Gasteiger partial charge in [-0.2, -0.15) is 0 Å². The smallest absolute Gasteiger partial charge is 0.344 e. The molecule has 6 heteroatoms. The first kappa shape index (κ1) is 12.1. The standard InChI is InChI=1S/C13H18O6/c1-11(2)17-7-8(18-11)12(15)5-3-4-6-13(12)10(14)16-9(7)19-13/h7-9,15H,3-6H2,1-2H3/t7-,8+,9+,12-,13-/m1/s1. The Morgan fingerprint density at radius 3 is 2.68 bits per heavy atom. The lowest BCUT2D eigenvalue weighted by molar-refractivity contribution is -0.285. The summed E-state index contributed by atoms with van der Waals surface area (Å²) in [7, 11) is 0. The quantitative estimate of drug-likeness (QED) is 0.645. The second-order valence-electron chi connectivity index (χ2n) is 6.37. The van der Waals surface area contributed by atoms with E-state index < -0.39 is 41.5 Å². The summed E-state index contributed by atoms with van der Waals surface area (Å²) in [6.07, 6.45) is 0.725. The number of ether oxygens (including phenoxy) is 4. The van der Waals surface area contributed by atoms with Gasteiger partial charge in [-0.05, 0) is 33.1 Å². The maximum absolute atomic E-state index is 12.2. The molecule has 0 aromatic heterocycles. The molecule has 0 aromatic rings. The molecule has 1 N–H and O–H groups in total. The van der Waals surface area contributed by atoms with Crippen LogP contribution in [0, 0.1) is 0 Å². The van der Waals surface area contributed by atoms with Crippen LogP contribution in [-0.4, -0.2) is 46.6 Å². The third-order valence-corrected chi connectivity index (χ3v) is 4.77. The zero-order valence-corrected chi connectivity index (χ0v) is 11.0. The Balaban J connectivity index is 1.83. The van der Waals surface area contributed by atoms with Crippen LogP contribution in [0.3, 0.4) is 0 Å². The fourth-order valence-corrected chi connectivity index (χ4v) is 3.96. The Hall–Kier alpha value is -0.690. The van der Waals surface area contributed by atoms with Crippen molar-refractivity contribution in [3.05, 3.63) is 0 Å². The Labute approximate surface area is 111 Å². The first-order chi connectivity index (χ1) is 8.88. The van der Waals surface area contributed by atoms with Crippen LogP contribution in [-0.2, 0) is 23.7 Å². The van der Waals surface area contributed by atoms with E-state index in [4.69, 9.17) is 18.9 Å². The predicted octanol–water partition coefficient (Wildman–Crippen LogP) is 0.463. The molecule has 4 fully saturated rings. The maximum Gasteiger partial charge on any atom is 0.344 e. The van der Waals surface area contributed by atoms with E-state index in [2.05, 4.69) is 0 Å². The van der Waals surface area contributed by atoms with Gasteiger partial charge in [0.05, 0.1) is 0 Å². The predicted molar refractivity (Wildman–Crippen MR) is 60.9 cm³/mol. The van der Waals surface area contributed by atoms with E-state index in [0.29, 0.717) is 12.8 Å². The molecule has 1 aliphatic carbocycles. The van der Waals surface area contributed by atoms with Gasteiger partial charge in [-0.3, -0.25) is 0 Å². The molecule has 3 saturated heterocycles. The first-order valence-electron chi connectivity index (χ1n) is 6.85. The highest BCUT2D eigenvalue weighted by atomic mass is 16.8. The van der Waals surface area contributed by atoms with E-state index in [1.165, 1.54) is 0 Å². The molecule has 1 spiro atoms. The Morgan fingerprint density at radius 2 is 1.89 bits per heavy atom. The van der Waals surface area contributed by atoms with Gasteiger partial charge in [0.2, 0.25) is 11.9 Å². The topological polar surface area (TPSA) is 74.2 Å². The molecule has 3 aliphatic heterocycles. The molecule has 5 atom stereocenters. The number of hydrogen-bond acceptors (Lipinski definition) is 6. The highest BCUT2D eigenvalue weighted by molar-refractivity contribution is 5.84. The second-order valence-corrected chi connectivity index (χ2v) is 6.37. The summed E-state index contributed by atoms with van der Waals surface area (Å²) in [4.78, 5) is 12.2. The lowest BCUT2D eigenvalue weighted by Gasteiger charge is -2.50. The average molecular weight is 270 g/mol. The average Bonchev–Trinajstić information content (AvgIpc) is 2.81. The summed E-state index contributed by atoms with van der Waals surface area (Å²) in [6.45, 7) is 3.58. The fourth-order valence-electron chi connectivity index (χ4n) is 3.96. The number of carbonyl (C=O) groups excluding carboxylic acids is 1. The Morgan fingerprint density at radius 1 is 1.16 bits per heavy atom. The summed E-state index contributed by atoms with van der Waals surface area (Å²) >= 11 is 0. The highest BCUT2D eigenvalue weighted by Crippen LogP contribution is 2.56. The zero-order chi connectivity index (χ0) is 13.5. The van der Waals surface area contributed by atoms with Crippen LogP contribution in [0.5, 0.6) is 0 Å². The Kier molecular flexibility index (Phi) is 2.10. The molecular formula is C13H18O6. The number of esters is 1. The van der Waals surface area contributed by atoms with Crippen molar-refractivity contribution >= 4 is 5.97 Å². The third kappa shape index (κ3) is 1.28. The van der Waals surface area contributed by atoms with E-state index in [-0.39, 0.29) is 0 Å². The summed E-state index contributed by atoms with van der Waals surface area (Å²) < 4.78 is 22.7. The van der Waals surface area contributed by atoms with Crippen LogP contribution < -0.4 is 0 Å². The van der Waals surface area contributed by atoms with Gasteiger partial charge in [-0.1, -0.05) is 6.42 Å². The lowest BCUT2D eigenvalue weighted by Crippen LogP contribution is -2.71. The molecule has 1 saturated carbocycles. The summed E-state index contributed by atoms with van der Waals surface area (Å²) in [5, 5.41) is 11.1. The summed E-state index contributed by atoms with van der Waals surface area (Å²) in [5.74, 6) is -1.27. The lowest BCUT2D eigenvalue weighted by atomic mass is 9.66. The number of rotatable bonds is 0.